The van der Waals surface area contributed by atoms with Gasteiger partial charge in [-0.25, -0.2) is 0 Å². The molecule has 2 fully saturated rings. The first-order valence-corrected chi connectivity index (χ1v) is 7.98. The minimum atomic E-state index is 0.541. The highest BCUT2D eigenvalue weighted by Gasteiger charge is 2.27. The second-order valence-corrected chi connectivity index (χ2v) is 5.99. The van der Waals surface area contributed by atoms with Gasteiger partial charge in [-0.2, -0.15) is 0 Å². The number of amidine groups is 1. The quantitative estimate of drug-likeness (QED) is 0.727. The smallest absolute Gasteiger partial charge is 0.156 e. The van der Waals surface area contributed by atoms with Gasteiger partial charge in [0.25, 0.3) is 0 Å². The predicted octanol–water partition coefficient (Wildman–Crippen LogP) is 1.57. The summed E-state index contributed by atoms with van der Waals surface area (Å²) in [5, 5.41) is 4.60. The Hall–Kier alpha value is -0.260. The Bertz CT molecular complexity index is 281. The summed E-state index contributed by atoms with van der Waals surface area (Å²) in [5.74, 6) is 1.13. The molecule has 2 rings (SSSR count). The topological polar surface area (TPSA) is 36.9 Å². The summed E-state index contributed by atoms with van der Waals surface area (Å²) in [4.78, 5) is 7.21. The fourth-order valence-electron chi connectivity index (χ4n) is 2.26. The molecule has 0 radical (unpaired) electrons. The summed E-state index contributed by atoms with van der Waals surface area (Å²) >= 11 is 1.85. The molecule has 0 spiro atoms. The Morgan fingerprint density at radius 2 is 2.33 bits per heavy atom. The van der Waals surface area contributed by atoms with Crippen LogP contribution in [0.15, 0.2) is 4.99 Å². The van der Waals surface area contributed by atoms with E-state index in [1.165, 1.54) is 12.8 Å². The minimum absolute atomic E-state index is 0.541. The van der Waals surface area contributed by atoms with Crippen molar-refractivity contribution in [2.75, 3.05) is 39.1 Å². The van der Waals surface area contributed by atoms with E-state index in [-0.39, 0.29) is 0 Å². The molecular weight excluding hydrogens is 246 g/mol. The van der Waals surface area contributed by atoms with Crippen molar-refractivity contribution >= 4 is 16.9 Å². The number of hydrogen-bond acceptors (Lipinski definition) is 4. The third kappa shape index (κ3) is 4.44. The maximum absolute atomic E-state index is 5.10. The summed E-state index contributed by atoms with van der Waals surface area (Å²) in [6, 6.07) is 1.40. The van der Waals surface area contributed by atoms with Crippen LogP contribution < -0.4 is 5.32 Å². The van der Waals surface area contributed by atoms with Crippen molar-refractivity contribution in [3.63, 3.8) is 0 Å². The first-order chi connectivity index (χ1) is 8.83. The predicted molar refractivity (Wildman–Crippen MR) is 78.4 cm³/mol. The lowest BCUT2D eigenvalue weighted by Gasteiger charge is -2.18. The summed E-state index contributed by atoms with van der Waals surface area (Å²) < 4.78 is 5.10. The molecule has 0 aromatic carbocycles. The van der Waals surface area contributed by atoms with Crippen LogP contribution in [0.1, 0.15) is 26.2 Å². The zero-order chi connectivity index (χ0) is 12.8. The Morgan fingerprint density at radius 3 is 3.00 bits per heavy atom. The van der Waals surface area contributed by atoms with Crippen molar-refractivity contribution in [2.24, 2.45) is 4.99 Å². The van der Waals surface area contributed by atoms with Gasteiger partial charge < -0.3 is 10.1 Å². The van der Waals surface area contributed by atoms with E-state index in [1.54, 1.807) is 7.11 Å². The standard InChI is InChI=1S/C13H25N3OS/c1-3-16(12-4-5-12)8-7-14-13-15-11(10-18-13)6-9-17-2/h11-12H,3-10H2,1-2H3,(H,14,15). The maximum atomic E-state index is 5.10. The molecule has 1 aliphatic heterocycles. The molecule has 1 saturated carbocycles. The number of aliphatic imine (C=N–C) groups is 1. The van der Waals surface area contributed by atoms with Crippen molar-refractivity contribution in [3.8, 4) is 0 Å². The summed E-state index contributed by atoms with van der Waals surface area (Å²) in [6.07, 6.45) is 3.85. The average molecular weight is 271 g/mol. The number of ether oxygens (including phenoxy) is 1. The van der Waals surface area contributed by atoms with Crippen LogP contribution in [0.5, 0.6) is 0 Å². The van der Waals surface area contributed by atoms with Crippen LogP contribution in [0.3, 0.4) is 0 Å². The molecule has 1 atom stereocenters. The normalized spacial score (nSPS) is 25.9. The van der Waals surface area contributed by atoms with E-state index < -0.39 is 0 Å². The molecule has 0 amide bonds. The van der Waals surface area contributed by atoms with E-state index >= 15 is 0 Å². The number of methoxy groups -OCH3 is 1. The SMILES string of the molecule is CCN(CCN=C1NC(CCOC)CS1)C1CC1. The molecule has 0 aromatic heterocycles. The summed E-state index contributed by atoms with van der Waals surface area (Å²) in [5.41, 5.74) is 0. The van der Waals surface area contributed by atoms with Gasteiger partial charge in [0, 0.05) is 38.1 Å². The zero-order valence-electron chi connectivity index (χ0n) is 11.5. The third-order valence-corrected chi connectivity index (χ3v) is 4.62. The van der Waals surface area contributed by atoms with Gasteiger partial charge in [0.1, 0.15) is 0 Å². The molecule has 4 nitrogen and oxygen atoms in total. The highest BCUT2D eigenvalue weighted by Crippen LogP contribution is 2.26. The Labute approximate surface area is 115 Å². The monoisotopic (exact) mass is 271 g/mol. The first-order valence-electron chi connectivity index (χ1n) is 7.00. The molecule has 2 aliphatic rings. The lowest BCUT2D eigenvalue weighted by Crippen LogP contribution is -2.30. The van der Waals surface area contributed by atoms with E-state index in [2.05, 4.69) is 22.1 Å². The number of likely N-dealkylation sites (N-methyl/N-ethyl adjacent to an activating group) is 1. The number of thioether (sulfide) groups is 1. The second-order valence-electron chi connectivity index (χ2n) is 4.98. The maximum Gasteiger partial charge on any atom is 0.156 e. The first kappa shape index (κ1) is 14.2. The number of rotatable bonds is 8. The van der Waals surface area contributed by atoms with E-state index in [1.807, 2.05) is 11.8 Å². The van der Waals surface area contributed by atoms with Gasteiger partial charge in [0.2, 0.25) is 0 Å². The number of hydrogen-bond donors (Lipinski definition) is 1. The van der Waals surface area contributed by atoms with Gasteiger partial charge in [-0.05, 0) is 25.8 Å². The van der Waals surface area contributed by atoms with E-state index in [9.17, 15) is 0 Å². The van der Waals surface area contributed by atoms with Gasteiger partial charge in [-0.3, -0.25) is 9.89 Å². The summed E-state index contributed by atoms with van der Waals surface area (Å²) in [6.45, 7) is 6.27. The number of nitrogens with one attached hydrogen (secondary N) is 1. The van der Waals surface area contributed by atoms with Crippen LogP contribution in [0.2, 0.25) is 0 Å². The molecule has 1 N–H and O–H groups in total. The second kappa shape index (κ2) is 7.36. The van der Waals surface area contributed by atoms with Gasteiger partial charge in [0.15, 0.2) is 5.17 Å². The van der Waals surface area contributed by atoms with Crippen molar-refractivity contribution in [1.82, 2.24) is 10.2 Å². The van der Waals surface area contributed by atoms with Crippen molar-refractivity contribution in [3.05, 3.63) is 0 Å². The lowest BCUT2D eigenvalue weighted by atomic mass is 10.2. The molecule has 0 aromatic rings. The van der Waals surface area contributed by atoms with E-state index in [0.29, 0.717) is 6.04 Å². The highest BCUT2D eigenvalue weighted by atomic mass is 32.2. The summed E-state index contributed by atoms with van der Waals surface area (Å²) in [7, 11) is 1.76. The zero-order valence-corrected chi connectivity index (χ0v) is 12.3. The number of nitrogens with zero attached hydrogens (tertiary/aromatic N) is 2. The molecule has 18 heavy (non-hydrogen) atoms. The van der Waals surface area contributed by atoms with E-state index in [4.69, 9.17) is 4.74 Å². The molecule has 1 unspecified atom stereocenters. The van der Waals surface area contributed by atoms with Crippen LogP contribution in [-0.2, 0) is 4.74 Å². The fraction of sp³-hybridized carbons (Fsp3) is 0.923. The molecule has 1 saturated heterocycles. The molecule has 5 heteroatoms. The van der Waals surface area contributed by atoms with Gasteiger partial charge in [-0.1, -0.05) is 18.7 Å². The van der Waals surface area contributed by atoms with E-state index in [0.717, 1.165) is 49.6 Å². The van der Waals surface area contributed by atoms with Crippen LogP contribution >= 0.6 is 11.8 Å². The minimum Gasteiger partial charge on any atom is -0.385 e. The Kier molecular flexibility index (Phi) is 5.79. The van der Waals surface area contributed by atoms with Crippen molar-refractivity contribution in [2.45, 2.75) is 38.3 Å². The van der Waals surface area contributed by atoms with Crippen molar-refractivity contribution < 1.29 is 4.74 Å². The van der Waals surface area contributed by atoms with Crippen molar-refractivity contribution in [1.29, 1.82) is 0 Å². The molecule has 104 valence electrons. The fourth-order valence-corrected chi connectivity index (χ4v) is 3.30. The lowest BCUT2D eigenvalue weighted by molar-refractivity contribution is 0.188. The van der Waals surface area contributed by atoms with Gasteiger partial charge in [0.05, 0.1) is 6.54 Å². The largest absolute Gasteiger partial charge is 0.385 e. The van der Waals surface area contributed by atoms with Crippen LogP contribution in [0, 0.1) is 0 Å². The molecule has 1 aliphatic carbocycles. The molecule has 1 heterocycles. The van der Waals surface area contributed by atoms with Crippen LogP contribution in [0.4, 0.5) is 0 Å². The molecule has 0 bridgehead atoms. The highest BCUT2D eigenvalue weighted by molar-refractivity contribution is 8.14. The average Bonchev–Trinajstić information content (AvgIpc) is 3.13. The van der Waals surface area contributed by atoms with Gasteiger partial charge >= 0.3 is 0 Å². The van der Waals surface area contributed by atoms with Crippen LogP contribution in [-0.4, -0.2) is 61.3 Å². The van der Waals surface area contributed by atoms with Gasteiger partial charge in [-0.15, -0.1) is 0 Å². The Morgan fingerprint density at radius 1 is 1.50 bits per heavy atom. The Balaban J connectivity index is 1.64. The third-order valence-electron chi connectivity index (χ3n) is 3.53. The molecular formula is C13H25N3OS. The van der Waals surface area contributed by atoms with Crippen LogP contribution in [0.25, 0.3) is 0 Å².